The SMILES string of the molecule is CCOc1cc(NC(C)C(F)(F)F)ccc1-c1c(Cl)c(C(=O)O)nn1CC. The summed E-state index contributed by atoms with van der Waals surface area (Å²) in [6.07, 6.45) is -4.40. The highest BCUT2D eigenvalue weighted by Gasteiger charge is 2.36. The second kappa shape index (κ2) is 8.08. The van der Waals surface area contributed by atoms with Crippen LogP contribution in [0.5, 0.6) is 5.75 Å². The van der Waals surface area contributed by atoms with Gasteiger partial charge in [0.25, 0.3) is 0 Å². The number of rotatable bonds is 7. The lowest BCUT2D eigenvalue weighted by molar-refractivity contribution is -0.138. The lowest BCUT2D eigenvalue weighted by Crippen LogP contribution is -2.33. The number of benzene rings is 1. The number of hydrogen-bond donors (Lipinski definition) is 2. The second-order valence-corrected chi connectivity index (χ2v) is 6.06. The van der Waals surface area contributed by atoms with E-state index >= 15 is 0 Å². The highest BCUT2D eigenvalue weighted by Crippen LogP contribution is 2.39. The minimum absolute atomic E-state index is 0.0605. The summed E-state index contributed by atoms with van der Waals surface area (Å²) in [5.74, 6) is -1.01. The number of ether oxygens (including phenoxy) is 1. The van der Waals surface area contributed by atoms with Crippen molar-refractivity contribution in [2.24, 2.45) is 0 Å². The third kappa shape index (κ3) is 4.47. The molecule has 0 amide bonds. The molecular weight excluding hydrogens is 387 g/mol. The van der Waals surface area contributed by atoms with E-state index in [1.54, 1.807) is 13.8 Å². The van der Waals surface area contributed by atoms with E-state index in [4.69, 9.17) is 16.3 Å². The van der Waals surface area contributed by atoms with Gasteiger partial charge in [0, 0.05) is 23.9 Å². The van der Waals surface area contributed by atoms with Crippen molar-refractivity contribution in [1.82, 2.24) is 9.78 Å². The molecule has 0 fully saturated rings. The maximum Gasteiger partial charge on any atom is 0.408 e. The third-order valence-corrected chi connectivity index (χ3v) is 4.17. The number of carboxylic acids is 1. The summed E-state index contributed by atoms with van der Waals surface area (Å²) in [6.45, 7) is 5.10. The van der Waals surface area contributed by atoms with Crippen LogP contribution in [0.15, 0.2) is 18.2 Å². The van der Waals surface area contributed by atoms with Gasteiger partial charge < -0.3 is 15.2 Å². The molecule has 1 unspecified atom stereocenters. The number of aromatic carboxylic acids is 1. The average molecular weight is 406 g/mol. The van der Waals surface area contributed by atoms with Gasteiger partial charge in [0.05, 0.1) is 12.3 Å². The van der Waals surface area contributed by atoms with Crippen molar-refractivity contribution in [3.8, 4) is 17.0 Å². The number of anilines is 1. The van der Waals surface area contributed by atoms with Crippen LogP contribution in [0.4, 0.5) is 18.9 Å². The molecule has 0 spiro atoms. The number of aromatic nitrogens is 2. The molecule has 0 saturated heterocycles. The topological polar surface area (TPSA) is 76.4 Å². The van der Waals surface area contributed by atoms with Crippen molar-refractivity contribution >= 4 is 23.3 Å². The molecule has 10 heteroatoms. The zero-order valence-electron chi connectivity index (χ0n) is 14.9. The first-order valence-corrected chi connectivity index (χ1v) is 8.57. The van der Waals surface area contributed by atoms with Crippen LogP contribution in [0.1, 0.15) is 31.3 Å². The summed E-state index contributed by atoms with van der Waals surface area (Å²) in [7, 11) is 0. The molecule has 1 aromatic carbocycles. The van der Waals surface area contributed by atoms with E-state index in [1.807, 2.05) is 0 Å². The maximum absolute atomic E-state index is 12.8. The van der Waals surface area contributed by atoms with E-state index in [2.05, 4.69) is 10.4 Å². The van der Waals surface area contributed by atoms with Gasteiger partial charge in [0.15, 0.2) is 5.69 Å². The number of aryl methyl sites for hydroxylation is 1. The molecule has 6 nitrogen and oxygen atoms in total. The summed E-state index contributed by atoms with van der Waals surface area (Å²) in [5, 5.41) is 15.5. The summed E-state index contributed by atoms with van der Waals surface area (Å²) in [6, 6.07) is 2.65. The lowest BCUT2D eigenvalue weighted by atomic mass is 10.1. The number of nitrogens with zero attached hydrogens (tertiary/aromatic N) is 2. The van der Waals surface area contributed by atoms with Crippen LogP contribution in [-0.4, -0.2) is 39.7 Å². The van der Waals surface area contributed by atoms with Gasteiger partial charge in [-0.1, -0.05) is 11.6 Å². The summed E-state index contributed by atoms with van der Waals surface area (Å²) in [4.78, 5) is 11.3. The molecular formula is C17H19ClF3N3O3. The first-order valence-electron chi connectivity index (χ1n) is 8.20. The number of alkyl halides is 3. The number of halogens is 4. The van der Waals surface area contributed by atoms with Gasteiger partial charge in [0.1, 0.15) is 16.8 Å². The first kappa shape index (κ1) is 20.9. The molecule has 0 aliphatic rings. The van der Waals surface area contributed by atoms with Gasteiger partial charge in [-0.05, 0) is 32.9 Å². The first-order chi connectivity index (χ1) is 12.6. The molecule has 0 bridgehead atoms. The number of hydrogen-bond acceptors (Lipinski definition) is 4. The molecule has 27 heavy (non-hydrogen) atoms. The average Bonchev–Trinajstić information content (AvgIpc) is 2.91. The fourth-order valence-corrected chi connectivity index (χ4v) is 2.80. The van der Waals surface area contributed by atoms with Crippen molar-refractivity contribution in [3.63, 3.8) is 0 Å². The Kier molecular flexibility index (Phi) is 6.25. The Bertz CT molecular complexity index is 837. The highest BCUT2D eigenvalue weighted by molar-refractivity contribution is 6.35. The van der Waals surface area contributed by atoms with Gasteiger partial charge in [-0.25, -0.2) is 4.79 Å². The molecule has 1 aromatic heterocycles. The largest absolute Gasteiger partial charge is 0.493 e. The highest BCUT2D eigenvalue weighted by atomic mass is 35.5. The fourth-order valence-electron chi connectivity index (χ4n) is 2.48. The van der Waals surface area contributed by atoms with E-state index in [0.717, 1.165) is 6.92 Å². The Morgan fingerprint density at radius 2 is 2.07 bits per heavy atom. The molecule has 2 N–H and O–H groups in total. The smallest absolute Gasteiger partial charge is 0.408 e. The van der Waals surface area contributed by atoms with Crippen LogP contribution in [0.3, 0.4) is 0 Å². The van der Waals surface area contributed by atoms with E-state index in [1.165, 1.54) is 22.9 Å². The minimum atomic E-state index is -4.40. The maximum atomic E-state index is 12.8. The van der Waals surface area contributed by atoms with Gasteiger partial charge in [-0.15, -0.1) is 0 Å². The third-order valence-electron chi connectivity index (χ3n) is 3.81. The van der Waals surface area contributed by atoms with E-state index in [9.17, 15) is 23.1 Å². The minimum Gasteiger partial charge on any atom is -0.493 e. The number of carbonyl (C=O) groups is 1. The number of carboxylic acid groups (broad SMARTS) is 1. The van der Waals surface area contributed by atoms with E-state index in [0.29, 0.717) is 17.8 Å². The monoisotopic (exact) mass is 405 g/mol. The van der Waals surface area contributed by atoms with Crippen LogP contribution in [-0.2, 0) is 6.54 Å². The van der Waals surface area contributed by atoms with Crippen LogP contribution < -0.4 is 10.1 Å². The van der Waals surface area contributed by atoms with Crippen LogP contribution in [0, 0.1) is 0 Å². The molecule has 1 heterocycles. The predicted octanol–water partition coefficient (Wildman–Crippen LogP) is 4.68. The van der Waals surface area contributed by atoms with Gasteiger partial charge in [0.2, 0.25) is 0 Å². The quantitative estimate of drug-likeness (QED) is 0.699. The molecule has 0 radical (unpaired) electrons. The molecule has 148 valence electrons. The summed E-state index contributed by atoms with van der Waals surface area (Å²) < 4.78 is 45.3. The van der Waals surface area contributed by atoms with E-state index < -0.39 is 18.2 Å². The van der Waals surface area contributed by atoms with Crippen LogP contribution >= 0.6 is 11.6 Å². The molecule has 2 aromatic rings. The van der Waals surface area contributed by atoms with Crippen molar-refractivity contribution < 1.29 is 27.8 Å². The predicted molar refractivity (Wildman–Crippen MR) is 95.6 cm³/mol. The molecule has 0 saturated carbocycles. The van der Waals surface area contributed by atoms with E-state index in [-0.39, 0.29) is 28.8 Å². The Morgan fingerprint density at radius 1 is 1.41 bits per heavy atom. The Balaban J connectivity index is 2.54. The zero-order chi connectivity index (χ0) is 20.4. The van der Waals surface area contributed by atoms with Crippen LogP contribution in [0.25, 0.3) is 11.3 Å². The Labute approximate surface area is 158 Å². The van der Waals surface area contributed by atoms with Gasteiger partial charge in [-0.2, -0.15) is 18.3 Å². The lowest BCUT2D eigenvalue weighted by Gasteiger charge is -2.20. The van der Waals surface area contributed by atoms with Crippen molar-refractivity contribution in [1.29, 1.82) is 0 Å². The second-order valence-electron chi connectivity index (χ2n) is 5.68. The normalized spacial score (nSPS) is 12.7. The summed E-state index contributed by atoms with van der Waals surface area (Å²) in [5.41, 5.74) is 0.678. The Morgan fingerprint density at radius 3 is 2.59 bits per heavy atom. The molecule has 1 atom stereocenters. The standard InChI is InChI=1S/C17H19ClF3N3O3/c1-4-24-15(13(18)14(23-24)16(25)26)11-7-6-10(8-12(11)27-5-2)22-9(3)17(19,20)21/h6-9,22H,4-5H2,1-3H3,(H,25,26). The molecule has 0 aliphatic heterocycles. The van der Waals surface area contributed by atoms with Crippen molar-refractivity contribution in [2.75, 3.05) is 11.9 Å². The molecule has 0 aliphatic carbocycles. The fraction of sp³-hybridized carbons (Fsp3) is 0.412. The summed E-state index contributed by atoms with van der Waals surface area (Å²) >= 11 is 6.21. The molecule has 2 rings (SSSR count). The Hall–Kier alpha value is -2.42. The van der Waals surface area contributed by atoms with Gasteiger partial charge in [-0.3, -0.25) is 4.68 Å². The van der Waals surface area contributed by atoms with Gasteiger partial charge >= 0.3 is 12.1 Å². The van der Waals surface area contributed by atoms with Crippen molar-refractivity contribution in [2.45, 2.75) is 39.5 Å². The zero-order valence-corrected chi connectivity index (χ0v) is 15.6. The van der Waals surface area contributed by atoms with Crippen LogP contribution in [0.2, 0.25) is 5.02 Å². The van der Waals surface area contributed by atoms with Crippen molar-refractivity contribution in [3.05, 3.63) is 28.9 Å². The number of nitrogens with one attached hydrogen (secondary N) is 1.